The number of amides is 1. The second-order valence-electron chi connectivity index (χ2n) is 5.31. The van der Waals surface area contributed by atoms with E-state index < -0.39 is 11.6 Å². The number of nitrogens with one attached hydrogen (secondary N) is 1. The molecule has 2 rings (SSSR count). The lowest BCUT2D eigenvalue weighted by atomic mass is 9.96. The monoisotopic (exact) mass is 318 g/mol. The molecule has 0 aromatic heterocycles. The summed E-state index contributed by atoms with van der Waals surface area (Å²) >= 11 is 0. The van der Waals surface area contributed by atoms with Gasteiger partial charge in [0.05, 0.1) is 6.42 Å². The summed E-state index contributed by atoms with van der Waals surface area (Å²) in [7, 11) is 1.93. The number of likely N-dealkylation sites (tertiary alicyclic amines) is 1. The number of benzene rings is 1. The second-order valence-corrected chi connectivity index (χ2v) is 5.31. The van der Waals surface area contributed by atoms with Gasteiger partial charge in [0.2, 0.25) is 5.91 Å². The minimum atomic E-state index is -0.900. The molecule has 3 nitrogen and oxygen atoms in total. The standard InChI is InChI=1S/C15H20F2N2O.ClH/c1-18-10-11-4-6-19(7-5-11)15(20)9-12-2-3-13(16)14(17)8-12;/h2-3,8,11,18H,4-7,9-10H2,1H3;1H. The summed E-state index contributed by atoms with van der Waals surface area (Å²) in [6.45, 7) is 2.47. The zero-order valence-corrected chi connectivity index (χ0v) is 12.9. The number of halogens is 3. The Labute approximate surface area is 130 Å². The SMILES string of the molecule is CNCC1CCN(C(=O)Cc2ccc(F)c(F)c2)CC1.Cl. The third-order valence-corrected chi connectivity index (χ3v) is 3.80. The number of rotatable bonds is 4. The molecule has 0 unspecified atom stereocenters. The van der Waals surface area contributed by atoms with Crippen molar-refractivity contribution in [1.82, 2.24) is 10.2 Å². The first-order chi connectivity index (χ1) is 9.60. The Kier molecular flexibility index (Phi) is 7.05. The molecule has 0 bridgehead atoms. The second kappa shape index (κ2) is 8.29. The molecule has 0 atom stereocenters. The lowest BCUT2D eigenvalue weighted by molar-refractivity contribution is -0.131. The molecule has 1 heterocycles. The van der Waals surface area contributed by atoms with Crippen LogP contribution in [0.3, 0.4) is 0 Å². The summed E-state index contributed by atoms with van der Waals surface area (Å²) in [4.78, 5) is 13.9. The van der Waals surface area contributed by atoms with Crippen LogP contribution >= 0.6 is 12.4 Å². The van der Waals surface area contributed by atoms with Crippen LogP contribution in [0.4, 0.5) is 8.78 Å². The van der Waals surface area contributed by atoms with Gasteiger partial charge < -0.3 is 10.2 Å². The van der Waals surface area contributed by atoms with Crippen LogP contribution in [0.15, 0.2) is 18.2 Å². The predicted octanol–water partition coefficient (Wildman–Crippen LogP) is 2.39. The summed E-state index contributed by atoms with van der Waals surface area (Å²) in [5.74, 6) is -1.18. The molecule has 0 spiro atoms. The molecule has 1 aliphatic heterocycles. The van der Waals surface area contributed by atoms with Gasteiger partial charge >= 0.3 is 0 Å². The molecule has 1 amide bonds. The molecule has 6 heteroatoms. The summed E-state index contributed by atoms with van der Waals surface area (Å²) in [5.41, 5.74) is 0.520. The molecule has 0 radical (unpaired) electrons. The van der Waals surface area contributed by atoms with E-state index in [1.165, 1.54) is 6.07 Å². The first-order valence-electron chi connectivity index (χ1n) is 6.96. The lowest BCUT2D eigenvalue weighted by Crippen LogP contribution is -2.41. The molecule has 1 aromatic rings. The van der Waals surface area contributed by atoms with Crippen LogP contribution in [0.2, 0.25) is 0 Å². The molecule has 1 aliphatic rings. The lowest BCUT2D eigenvalue weighted by Gasteiger charge is -2.32. The number of piperidine rings is 1. The van der Waals surface area contributed by atoms with Crippen molar-refractivity contribution < 1.29 is 13.6 Å². The van der Waals surface area contributed by atoms with Crippen LogP contribution in [0, 0.1) is 17.6 Å². The maximum absolute atomic E-state index is 13.1. The van der Waals surface area contributed by atoms with Crippen molar-refractivity contribution in [3.8, 4) is 0 Å². The highest BCUT2D eigenvalue weighted by Crippen LogP contribution is 2.18. The van der Waals surface area contributed by atoms with Gasteiger partial charge in [0.25, 0.3) is 0 Å². The normalized spacial score (nSPS) is 15.7. The molecular formula is C15H21ClF2N2O. The molecule has 0 aliphatic carbocycles. The number of carbonyl (C=O) groups excluding carboxylic acids is 1. The van der Waals surface area contributed by atoms with Crippen molar-refractivity contribution in [3.63, 3.8) is 0 Å². The summed E-state index contributed by atoms with van der Waals surface area (Å²) in [6, 6.07) is 3.63. The molecule has 1 fully saturated rings. The van der Waals surface area contributed by atoms with E-state index in [2.05, 4.69) is 5.32 Å². The Morgan fingerprint density at radius 1 is 1.29 bits per heavy atom. The maximum Gasteiger partial charge on any atom is 0.226 e. The average Bonchev–Trinajstić information content (AvgIpc) is 2.44. The Morgan fingerprint density at radius 2 is 1.95 bits per heavy atom. The molecule has 1 saturated heterocycles. The van der Waals surface area contributed by atoms with Crippen molar-refractivity contribution in [3.05, 3.63) is 35.4 Å². The molecule has 21 heavy (non-hydrogen) atoms. The fraction of sp³-hybridized carbons (Fsp3) is 0.533. The Balaban J connectivity index is 0.00000220. The number of nitrogens with zero attached hydrogens (tertiary/aromatic N) is 1. The van der Waals surface area contributed by atoms with Crippen LogP contribution in [0.1, 0.15) is 18.4 Å². The van der Waals surface area contributed by atoms with Gasteiger partial charge in [0.1, 0.15) is 0 Å². The maximum atomic E-state index is 13.1. The summed E-state index contributed by atoms with van der Waals surface area (Å²) in [6.07, 6.45) is 2.11. The van der Waals surface area contributed by atoms with E-state index in [0.29, 0.717) is 11.5 Å². The van der Waals surface area contributed by atoms with Gasteiger partial charge in [-0.25, -0.2) is 8.78 Å². The predicted molar refractivity (Wildman–Crippen MR) is 80.5 cm³/mol. The average molecular weight is 319 g/mol. The van der Waals surface area contributed by atoms with Crippen molar-refractivity contribution in [1.29, 1.82) is 0 Å². The van der Waals surface area contributed by atoms with Crippen molar-refractivity contribution in [2.24, 2.45) is 5.92 Å². The van der Waals surface area contributed by atoms with E-state index in [4.69, 9.17) is 0 Å². The van der Waals surface area contributed by atoms with Gasteiger partial charge in [-0.1, -0.05) is 6.07 Å². The quantitative estimate of drug-likeness (QED) is 0.924. The van der Waals surface area contributed by atoms with Crippen molar-refractivity contribution in [2.75, 3.05) is 26.7 Å². The molecule has 118 valence electrons. The first kappa shape index (κ1) is 17.9. The van der Waals surface area contributed by atoms with Crippen LogP contribution in [-0.2, 0) is 11.2 Å². The van der Waals surface area contributed by atoms with Gasteiger partial charge in [-0.05, 0) is 50.0 Å². The largest absolute Gasteiger partial charge is 0.342 e. The molecule has 1 aromatic carbocycles. The minimum Gasteiger partial charge on any atom is -0.342 e. The summed E-state index contributed by atoms with van der Waals surface area (Å²) < 4.78 is 25.9. The molecule has 0 saturated carbocycles. The van der Waals surface area contributed by atoms with E-state index in [-0.39, 0.29) is 24.7 Å². The molecule has 1 N–H and O–H groups in total. The van der Waals surface area contributed by atoms with E-state index in [0.717, 1.165) is 44.6 Å². The fourth-order valence-corrected chi connectivity index (χ4v) is 2.61. The molecular weight excluding hydrogens is 298 g/mol. The highest BCUT2D eigenvalue weighted by Gasteiger charge is 2.22. The van der Waals surface area contributed by atoms with Gasteiger partial charge in [-0.2, -0.15) is 0 Å². The van der Waals surface area contributed by atoms with E-state index >= 15 is 0 Å². The zero-order valence-electron chi connectivity index (χ0n) is 12.1. The van der Waals surface area contributed by atoms with Gasteiger partial charge in [-0.15, -0.1) is 12.4 Å². The van der Waals surface area contributed by atoms with Crippen molar-refractivity contribution >= 4 is 18.3 Å². The van der Waals surface area contributed by atoms with Gasteiger partial charge in [0, 0.05) is 13.1 Å². The third-order valence-electron chi connectivity index (χ3n) is 3.80. The van der Waals surface area contributed by atoms with Gasteiger partial charge in [0.15, 0.2) is 11.6 Å². The van der Waals surface area contributed by atoms with E-state index in [1.54, 1.807) is 0 Å². The van der Waals surface area contributed by atoms with E-state index in [9.17, 15) is 13.6 Å². The summed E-state index contributed by atoms with van der Waals surface area (Å²) in [5, 5.41) is 3.15. The van der Waals surface area contributed by atoms with Crippen molar-refractivity contribution in [2.45, 2.75) is 19.3 Å². The van der Waals surface area contributed by atoms with Crippen LogP contribution < -0.4 is 5.32 Å². The first-order valence-corrected chi connectivity index (χ1v) is 6.96. The van der Waals surface area contributed by atoms with E-state index in [1.807, 2.05) is 11.9 Å². The number of hydrogen-bond donors (Lipinski definition) is 1. The Morgan fingerprint density at radius 3 is 2.52 bits per heavy atom. The minimum absolute atomic E-state index is 0. The Bertz CT molecular complexity index is 477. The Hall–Kier alpha value is -1.20. The van der Waals surface area contributed by atoms with Crippen LogP contribution in [0.25, 0.3) is 0 Å². The topological polar surface area (TPSA) is 32.3 Å². The van der Waals surface area contributed by atoms with Crippen LogP contribution in [-0.4, -0.2) is 37.5 Å². The smallest absolute Gasteiger partial charge is 0.226 e. The number of hydrogen-bond acceptors (Lipinski definition) is 2. The zero-order chi connectivity index (χ0) is 14.5. The third kappa shape index (κ3) is 4.93. The van der Waals surface area contributed by atoms with Crippen LogP contribution in [0.5, 0.6) is 0 Å². The number of carbonyl (C=O) groups is 1. The highest BCUT2D eigenvalue weighted by molar-refractivity contribution is 5.85. The van der Waals surface area contributed by atoms with Gasteiger partial charge in [-0.3, -0.25) is 4.79 Å². The highest BCUT2D eigenvalue weighted by atomic mass is 35.5. The fourth-order valence-electron chi connectivity index (χ4n) is 2.61.